The maximum absolute atomic E-state index is 12.2. The van der Waals surface area contributed by atoms with Crippen LogP contribution in [0.3, 0.4) is 0 Å². The highest BCUT2D eigenvalue weighted by atomic mass is 16.7. The van der Waals surface area contributed by atoms with E-state index in [0.717, 1.165) is 24.8 Å². The molecule has 1 fully saturated rings. The third kappa shape index (κ3) is 5.31. The van der Waals surface area contributed by atoms with Crippen LogP contribution in [-0.4, -0.2) is 45.0 Å². The minimum Gasteiger partial charge on any atom is -0.569 e. The largest absolute Gasteiger partial charge is 0.569 e. The van der Waals surface area contributed by atoms with E-state index in [1.807, 2.05) is 45.0 Å². The van der Waals surface area contributed by atoms with Crippen molar-refractivity contribution in [2.24, 2.45) is 5.28 Å². The molecule has 2 N–H and O–H groups in total. The van der Waals surface area contributed by atoms with Crippen LogP contribution in [0.5, 0.6) is 0 Å². The van der Waals surface area contributed by atoms with E-state index >= 15 is 0 Å². The molecule has 0 heterocycles. The molecular formula is C18H29N3O4. The van der Waals surface area contributed by atoms with Crippen molar-refractivity contribution in [3.63, 3.8) is 0 Å². The summed E-state index contributed by atoms with van der Waals surface area (Å²) in [4.78, 5) is 5.90. The van der Waals surface area contributed by atoms with Crippen molar-refractivity contribution in [2.45, 2.75) is 64.2 Å². The lowest BCUT2D eigenvalue weighted by molar-refractivity contribution is -0.726. The van der Waals surface area contributed by atoms with Gasteiger partial charge in [0.25, 0.3) is 0 Å². The fourth-order valence-corrected chi connectivity index (χ4v) is 3.16. The Balaban J connectivity index is 1.93. The smallest absolute Gasteiger partial charge is 0.233 e. The van der Waals surface area contributed by atoms with Crippen LogP contribution in [0, 0.1) is 5.21 Å². The van der Waals surface area contributed by atoms with Crippen molar-refractivity contribution >= 4 is 0 Å². The van der Waals surface area contributed by atoms with Crippen LogP contribution in [0.2, 0.25) is 0 Å². The molecule has 0 saturated heterocycles. The molecule has 0 radical (unpaired) electrons. The number of nitrogens with zero attached hydrogens (tertiary/aromatic N) is 3. The van der Waals surface area contributed by atoms with Gasteiger partial charge in [-0.25, -0.2) is 0 Å². The van der Waals surface area contributed by atoms with Crippen LogP contribution in [-0.2, 0) is 11.4 Å². The third-order valence-corrected chi connectivity index (χ3v) is 4.58. The van der Waals surface area contributed by atoms with Crippen LogP contribution in [0.1, 0.15) is 57.1 Å². The molecule has 1 aromatic carbocycles. The number of aliphatic hydroxyl groups excluding tert-OH is 2. The van der Waals surface area contributed by atoms with Crippen molar-refractivity contribution < 1.29 is 20.0 Å². The minimum absolute atomic E-state index is 0.0486. The maximum atomic E-state index is 12.2. The number of aliphatic hydroxyl groups is 2. The Hall–Kier alpha value is -1.86. The van der Waals surface area contributed by atoms with Gasteiger partial charge in [0.05, 0.1) is 23.7 Å². The number of β-amino-alcohol motifs (C(OH)–C–C–N with tert-alkyl or cyclic N) is 1. The molecular weight excluding hydrogens is 322 g/mol. The zero-order chi connectivity index (χ0) is 18.4. The fourth-order valence-electron chi connectivity index (χ4n) is 3.16. The summed E-state index contributed by atoms with van der Waals surface area (Å²) in [7, 11) is 0. The van der Waals surface area contributed by atoms with E-state index in [1.165, 1.54) is 10.6 Å². The normalized spacial score (nSPS) is 21.4. The number of rotatable bonds is 7. The van der Waals surface area contributed by atoms with E-state index in [0.29, 0.717) is 10.9 Å². The number of hydrogen-bond acceptors (Lipinski definition) is 5. The Labute approximate surface area is 149 Å². The molecule has 0 aromatic heterocycles. The summed E-state index contributed by atoms with van der Waals surface area (Å²) in [5.41, 5.74) is 1.67. The average Bonchev–Trinajstić information content (AvgIpc) is 3.05. The Bertz CT molecular complexity index is 569. The Morgan fingerprint density at radius 3 is 2.48 bits per heavy atom. The number of hydrazine groups is 1. The predicted molar refractivity (Wildman–Crippen MR) is 93.4 cm³/mol. The molecule has 2 rings (SSSR count). The van der Waals surface area contributed by atoms with Crippen LogP contribution in [0.15, 0.2) is 29.5 Å². The molecule has 25 heavy (non-hydrogen) atoms. The number of hydrogen-bond donors (Lipinski definition) is 2. The van der Waals surface area contributed by atoms with Crippen molar-refractivity contribution in [1.82, 2.24) is 5.01 Å². The van der Waals surface area contributed by atoms with Gasteiger partial charge in [0, 0.05) is 0 Å². The van der Waals surface area contributed by atoms with Crippen molar-refractivity contribution in [2.75, 3.05) is 13.2 Å². The predicted octanol–water partition coefficient (Wildman–Crippen LogP) is 2.72. The fraction of sp³-hybridized carbons (Fsp3) is 0.667. The first-order chi connectivity index (χ1) is 11.8. The van der Waals surface area contributed by atoms with Gasteiger partial charge < -0.3 is 20.3 Å². The lowest BCUT2D eigenvalue weighted by Crippen LogP contribution is -2.47. The highest BCUT2D eigenvalue weighted by Gasteiger charge is 2.31. The van der Waals surface area contributed by atoms with Crippen molar-refractivity contribution in [1.29, 1.82) is 0 Å². The van der Waals surface area contributed by atoms with E-state index in [4.69, 9.17) is 15.1 Å². The van der Waals surface area contributed by atoms with Gasteiger partial charge in [0.1, 0.15) is 12.6 Å². The van der Waals surface area contributed by atoms with Crippen molar-refractivity contribution in [3.05, 3.63) is 40.6 Å². The van der Waals surface area contributed by atoms with Gasteiger partial charge in [-0.15, -0.1) is 5.01 Å². The summed E-state index contributed by atoms with van der Waals surface area (Å²) in [5, 5.41) is 35.5. The minimum atomic E-state index is -0.454. The van der Waals surface area contributed by atoms with Crippen LogP contribution in [0.4, 0.5) is 0 Å². The second-order valence-corrected chi connectivity index (χ2v) is 7.49. The first-order valence-electron chi connectivity index (χ1n) is 8.77. The standard InChI is InChI=1S/C18H29N3O4/c1-18(2,3)20(10-11-22)21(24)19-25-17-9-8-16(12-17)15-6-4-14(13-23)5-7-15/h4-7,16-17,22-23H,8-13H2,1-3H3/b21-19-/t16-,17-/m1/s1. The monoisotopic (exact) mass is 351 g/mol. The molecule has 1 aliphatic carbocycles. The molecule has 0 bridgehead atoms. The molecule has 1 aliphatic rings. The van der Waals surface area contributed by atoms with Gasteiger partial charge in [0.2, 0.25) is 5.28 Å². The van der Waals surface area contributed by atoms with E-state index in [-0.39, 0.29) is 25.9 Å². The third-order valence-electron chi connectivity index (χ3n) is 4.58. The lowest BCUT2D eigenvalue weighted by Gasteiger charge is -2.29. The van der Waals surface area contributed by atoms with Gasteiger partial charge in [-0.05, 0) is 57.1 Å². The Kier molecular flexibility index (Phi) is 6.61. The Morgan fingerprint density at radius 1 is 1.24 bits per heavy atom. The van der Waals surface area contributed by atoms with Crippen molar-refractivity contribution in [3.8, 4) is 0 Å². The van der Waals surface area contributed by atoms with Gasteiger partial charge >= 0.3 is 0 Å². The highest BCUT2D eigenvalue weighted by molar-refractivity contribution is 5.25. The zero-order valence-electron chi connectivity index (χ0n) is 15.3. The summed E-state index contributed by atoms with van der Waals surface area (Å²) in [6, 6.07) is 7.95. The molecule has 7 heteroatoms. The summed E-state index contributed by atoms with van der Waals surface area (Å²) in [6.45, 7) is 5.76. The first kappa shape index (κ1) is 19.5. The topological polar surface area (TPSA) is 91.4 Å². The second-order valence-electron chi connectivity index (χ2n) is 7.49. The van der Waals surface area contributed by atoms with Crippen LogP contribution >= 0.6 is 0 Å². The summed E-state index contributed by atoms with van der Waals surface area (Å²) >= 11 is 0. The number of benzene rings is 1. The average molecular weight is 351 g/mol. The lowest BCUT2D eigenvalue weighted by atomic mass is 9.97. The van der Waals surface area contributed by atoms with E-state index < -0.39 is 5.54 Å². The SMILES string of the molecule is CC(C)(C)N(CCO)/[N+]([O-])=N/O[C@@H]1CC[C@@H](c2ccc(CO)cc2)C1. The quantitative estimate of drug-likeness (QED) is 0.448. The molecule has 7 nitrogen and oxygen atoms in total. The van der Waals surface area contributed by atoms with Gasteiger partial charge in [-0.3, -0.25) is 0 Å². The van der Waals surface area contributed by atoms with E-state index in [9.17, 15) is 5.21 Å². The molecule has 0 amide bonds. The van der Waals surface area contributed by atoms with Gasteiger partial charge in [0.15, 0.2) is 0 Å². The summed E-state index contributed by atoms with van der Waals surface area (Å²) in [5.74, 6) is 0.379. The molecule has 1 saturated carbocycles. The van der Waals surface area contributed by atoms with Crippen LogP contribution in [0.25, 0.3) is 0 Å². The molecule has 2 atom stereocenters. The van der Waals surface area contributed by atoms with E-state index in [2.05, 4.69) is 5.28 Å². The summed E-state index contributed by atoms with van der Waals surface area (Å²) in [6.07, 6.45) is 2.55. The molecule has 0 spiro atoms. The maximum Gasteiger partial charge on any atom is 0.233 e. The molecule has 0 aliphatic heterocycles. The molecule has 1 aromatic rings. The second kappa shape index (κ2) is 8.49. The highest BCUT2D eigenvalue weighted by Crippen LogP contribution is 2.36. The zero-order valence-corrected chi connectivity index (χ0v) is 15.3. The first-order valence-corrected chi connectivity index (χ1v) is 8.77. The summed E-state index contributed by atoms with van der Waals surface area (Å²) < 4.78 is 0. The molecule has 140 valence electrons. The molecule has 0 unspecified atom stereocenters. The van der Waals surface area contributed by atoms with Gasteiger partial charge in [-0.2, -0.15) is 0 Å². The van der Waals surface area contributed by atoms with E-state index in [1.54, 1.807) is 0 Å². The Morgan fingerprint density at radius 2 is 1.92 bits per heavy atom. The van der Waals surface area contributed by atoms with Gasteiger partial charge in [-0.1, -0.05) is 24.3 Å². The van der Waals surface area contributed by atoms with Crippen LogP contribution < -0.4 is 0 Å².